The Morgan fingerprint density at radius 2 is 1.95 bits per heavy atom. The average molecular weight is 296 g/mol. The van der Waals surface area contributed by atoms with E-state index in [0.29, 0.717) is 12.6 Å². The lowest BCUT2D eigenvalue weighted by molar-refractivity contribution is 0.105. The first-order valence-electron chi connectivity index (χ1n) is 9.24. The molecule has 0 saturated heterocycles. The lowest BCUT2D eigenvalue weighted by atomic mass is 9.73. The van der Waals surface area contributed by atoms with Crippen LogP contribution in [-0.4, -0.2) is 48.3 Å². The number of nitrogens with one attached hydrogen (secondary N) is 1. The van der Waals surface area contributed by atoms with E-state index >= 15 is 0 Å². The number of rotatable bonds is 9. The Labute approximate surface area is 131 Å². The van der Waals surface area contributed by atoms with Gasteiger partial charge in [-0.1, -0.05) is 20.8 Å². The number of hydrogen-bond acceptors (Lipinski definition) is 3. The second-order valence-electron chi connectivity index (χ2n) is 7.59. The summed E-state index contributed by atoms with van der Waals surface area (Å²) in [6.45, 7) is 10.5. The summed E-state index contributed by atoms with van der Waals surface area (Å²) in [4.78, 5) is 2.56. The van der Waals surface area contributed by atoms with Crippen molar-refractivity contribution >= 4 is 0 Å². The zero-order chi connectivity index (χ0) is 15.2. The molecule has 0 aromatic heterocycles. The van der Waals surface area contributed by atoms with Gasteiger partial charge in [-0.2, -0.15) is 0 Å². The predicted molar refractivity (Wildman–Crippen MR) is 89.4 cm³/mol. The summed E-state index contributed by atoms with van der Waals surface area (Å²) in [5.41, 5.74) is 0. The molecule has 0 radical (unpaired) electrons. The maximum absolute atomic E-state index is 9.33. The van der Waals surface area contributed by atoms with Crippen LogP contribution in [0.5, 0.6) is 0 Å². The van der Waals surface area contributed by atoms with E-state index in [1.54, 1.807) is 0 Å². The molecule has 0 bridgehead atoms. The molecular weight excluding hydrogens is 260 g/mol. The molecule has 0 amide bonds. The number of nitrogens with zero attached hydrogens (tertiary/aromatic N) is 1. The van der Waals surface area contributed by atoms with Gasteiger partial charge in [0.05, 0.1) is 6.61 Å². The molecular formula is C18H36N2O. The van der Waals surface area contributed by atoms with Crippen molar-refractivity contribution in [2.24, 2.45) is 17.8 Å². The molecule has 3 nitrogen and oxygen atoms in total. The molecule has 21 heavy (non-hydrogen) atoms. The van der Waals surface area contributed by atoms with Gasteiger partial charge < -0.3 is 10.4 Å². The molecule has 3 unspecified atom stereocenters. The topological polar surface area (TPSA) is 35.5 Å². The third-order valence-corrected chi connectivity index (χ3v) is 5.54. The highest BCUT2D eigenvalue weighted by Gasteiger charge is 2.36. The highest BCUT2D eigenvalue weighted by atomic mass is 16.3. The lowest BCUT2D eigenvalue weighted by Crippen LogP contribution is -2.47. The molecule has 0 heterocycles. The van der Waals surface area contributed by atoms with Crippen molar-refractivity contribution in [3.05, 3.63) is 0 Å². The summed E-state index contributed by atoms with van der Waals surface area (Å²) in [5, 5.41) is 13.1. The Hall–Kier alpha value is -0.120. The molecule has 0 aromatic carbocycles. The lowest BCUT2D eigenvalue weighted by Gasteiger charge is -2.41. The van der Waals surface area contributed by atoms with Crippen LogP contribution in [0.1, 0.15) is 59.3 Å². The summed E-state index contributed by atoms with van der Waals surface area (Å²) >= 11 is 0. The van der Waals surface area contributed by atoms with Crippen LogP contribution in [0, 0.1) is 17.8 Å². The first-order chi connectivity index (χ1) is 10.2. The summed E-state index contributed by atoms with van der Waals surface area (Å²) in [7, 11) is 0. The fraction of sp³-hybridized carbons (Fsp3) is 1.00. The fourth-order valence-corrected chi connectivity index (χ4v) is 4.00. The fourth-order valence-electron chi connectivity index (χ4n) is 4.00. The first kappa shape index (κ1) is 17.2. The minimum Gasteiger partial charge on any atom is -0.395 e. The minimum atomic E-state index is 0.309. The standard InChI is InChI=1S/C18H36N2O/c1-4-9-19-18-8-5-15(14(2)3)12-16(18)13-20(10-11-21)17-6-7-17/h14-19,21H,4-13H2,1-3H3. The largest absolute Gasteiger partial charge is 0.395 e. The van der Waals surface area contributed by atoms with Crippen molar-refractivity contribution in [2.75, 3.05) is 26.2 Å². The Morgan fingerprint density at radius 1 is 1.19 bits per heavy atom. The van der Waals surface area contributed by atoms with E-state index in [4.69, 9.17) is 0 Å². The van der Waals surface area contributed by atoms with Crippen molar-refractivity contribution in [1.29, 1.82) is 0 Å². The van der Waals surface area contributed by atoms with Crippen LogP contribution >= 0.6 is 0 Å². The van der Waals surface area contributed by atoms with E-state index < -0.39 is 0 Å². The summed E-state index contributed by atoms with van der Waals surface area (Å²) < 4.78 is 0. The van der Waals surface area contributed by atoms with Gasteiger partial charge in [0.1, 0.15) is 0 Å². The van der Waals surface area contributed by atoms with Gasteiger partial charge >= 0.3 is 0 Å². The average Bonchev–Trinajstić information content (AvgIpc) is 3.29. The second-order valence-corrected chi connectivity index (χ2v) is 7.59. The van der Waals surface area contributed by atoms with Crippen LogP contribution in [-0.2, 0) is 0 Å². The molecule has 2 aliphatic rings. The van der Waals surface area contributed by atoms with E-state index in [1.165, 1.54) is 45.1 Å². The number of aliphatic hydroxyl groups excluding tert-OH is 1. The molecule has 0 spiro atoms. The van der Waals surface area contributed by atoms with Crippen LogP contribution in [0.15, 0.2) is 0 Å². The van der Waals surface area contributed by atoms with Crippen LogP contribution in [0.2, 0.25) is 0 Å². The molecule has 3 atom stereocenters. The smallest absolute Gasteiger partial charge is 0.0558 e. The number of hydrogen-bond donors (Lipinski definition) is 2. The maximum atomic E-state index is 9.33. The Morgan fingerprint density at radius 3 is 2.52 bits per heavy atom. The summed E-state index contributed by atoms with van der Waals surface area (Å²) in [6.07, 6.45) is 8.00. The van der Waals surface area contributed by atoms with Crippen molar-refractivity contribution < 1.29 is 5.11 Å². The maximum Gasteiger partial charge on any atom is 0.0558 e. The molecule has 2 fully saturated rings. The van der Waals surface area contributed by atoms with E-state index in [9.17, 15) is 5.11 Å². The van der Waals surface area contributed by atoms with E-state index in [-0.39, 0.29) is 0 Å². The summed E-state index contributed by atoms with van der Waals surface area (Å²) in [6, 6.07) is 1.46. The predicted octanol–water partition coefficient (Wildman–Crippen LogP) is 2.88. The Kier molecular flexibility index (Phi) is 6.97. The van der Waals surface area contributed by atoms with Gasteiger partial charge in [-0.3, -0.25) is 4.90 Å². The molecule has 2 saturated carbocycles. The minimum absolute atomic E-state index is 0.309. The third-order valence-electron chi connectivity index (χ3n) is 5.54. The first-order valence-corrected chi connectivity index (χ1v) is 9.24. The molecule has 2 aliphatic carbocycles. The quantitative estimate of drug-likeness (QED) is 0.687. The van der Waals surface area contributed by atoms with Crippen molar-refractivity contribution in [3.8, 4) is 0 Å². The van der Waals surface area contributed by atoms with Gasteiger partial charge in [0, 0.05) is 25.2 Å². The molecule has 0 aromatic rings. The monoisotopic (exact) mass is 296 g/mol. The molecule has 124 valence electrons. The highest BCUT2D eigenvalue weighted by molar-refractivity contribution is 4.91. The van der Waals surface area contributed by atoms with Crippen LogP contribution < -0.4 is 5.32 Å². The van der Waals surface area contributed by atoms with E-state index in [0.717, 1.165) is 36.9 Å². The van der Waals surface area contributed by atoms with Gasteiger partial charge in [0.2, 0.25) is 0 Å². The van der Waals surface area contributed by atoms with Crippen LogP contribution in [0.4, 0.5) is 0 Å². The van der Waals surface area contributed by atoms with E-state index in [2.05, 4.69) is 31.0 Å². The van der Waals surface area contributed by atoms with Gasteiger partial charge in [0.15, 0.2) is 0 Å². The normalized spacial score (nSPS) is 30.3. The highest BCUT2D eigenvalue weighted by Crippen LogP contribution is 2.36. The molecule has 3 heteroatoms. The van der Waals surface area contributed by atoms with Gasteiger partial charge in [0.25, 0.3) is 0 Å². The van der Waals surface area contributed by atoms with E-state index in [1.807, 2.05) is 0 Å². The molecule has 2 rings (SSSR count). The van der Waals surface area contributed by atoms with Crippen LogP contribution in [0.25, 0.3) is 0 Å². The zero-order valence-electron chi connectivity index (χ0n) is 14.4. The van der Waals surface area contributed by atoms with Crippen LogP contribution in [0.3, 0.4) is 0 Å². The third kappa shape index (κ3) is 5.22. The SMILES string of the molecule is CCCNC1CCC(C(C)C)CC1CN(CCO)C1CC1. The zero-order valence-corrected chi connectivity index (χ0v) is 14.4. The number of aliphatic hydroxyl groups is 1. The Balaban J connectivity index is 1.93. The second kappa shape index (κ2) is 8.50. The van der Waals surface area contributed by atoms with Crippen molar-refractivity contribution in [2.45, 2.75) is 71.4 Å². The van der Waals surface area contributed by atoms with Crippen molar-refractivity contribution in [3.63, 3.8) is 0 Å². The van der Waals surface area contributed by atoms with Gasteiger partial charge in [-0.05, 0) is 62.8 Å². The molecule has 2 N–H and O–H groups in total. The van der Waals surface area contributed by atoms with Gasteiger partial charge in [-0.15, -0.1) is 0 Å². The van der Waals surface area contributed by atoms with Gasteiger partial charge in [-0.25, -0.2) is 0 Å². The Bertz CT molecular complexity index is 291. The molecule has 0 aliphatic heterocycles. The summed E-state index contributed by atoms with van der Waals surface area (Å²) in [5.74, 6) is 2.47. The van der Waals surface area contributed by atoms with Crippen molar-refractivity contribution in [1.82, 2.24) is 10.2 Å².